The van der Waals surface area contributed by atoms with Gasteiger partial charge in [0.2, 0.25) is 0 Å². The Kier molecular flexibility index (Phi) is 7.36. The Bertz CT molecular complexity index is 671. The highest BCUT2D eigenvalue weighted by Crippen LogP contribution is 2.22. The molecule has 0 amide bonds. The van der Waals surface area contributed by atoms with Crippen molar-refractivity contribution >= 4 is 16.7 Å². The second-order valence-corrected chi connectivity index (χ2v) is 5.37. The first-order chi connectivity index (χ1) is 11.8. The Morgan fingerprint density at radius 3 is 2.58 bits per heavy atom. The van der Waals surface area contributed by atoms with Crippen LogP contribution in [0.25, 0.3) is 10.8 Å². The van der Waals surface area contributed by atoms with E-state index in [1.54, 1.807) is 7.11 Å². The lowest BCUT2D eigenvalue weighted by atomic mass is 10.1. The normalized spacial score (nSPS) is 11.5. The number of nitrogens with zero attached hydrogens (tertiary/aromatic N) is 1. The molecule has 2 rings (SSSR count). The van der Waals surface area contributed by atoms with Crippen molar-refractivity contribution in [3.05, 3.63) is 42.0 Å². The Morgan fingerprint density at radius 1 is 1.04 bits per heavy atom. The molecule has 0 atom stereocenters. The van der Waals surface area contributed by atoms with Gasteiger partial charge in [-0.25, -0.2) is 4.99 Å². The molecule has 2 N–H and O–H groups in total. The lowest BCUT2D eigenvalue weighted by Crippen LogP contribution is -2.39. The maximum atomic E-state index is 5.34. The van der Waals surface area contributed by atoms with Crippen LogP contribution < -0.4 is 15.4 Å². The second kappa shape index (κ2) is 9.78. The van der Waals surface area contributed by atoms with Gasteiger partial charge in [-0.2, -0.15) is 0 Å². The van der Waals surface area contributed by atoms with Crippen molar-refractivity contribution in [1.29, 1.82) is 0 Å². The third-order valence-corrected chi connectivity index (χ3v) is 3.62. The smallest absolute Gasteiger partial charge is 0.191 e. The molecule has 5 heteroatoms. The number of methoxy groups -OCH3 is 1. The molecular formula is C19H27N3O2. The van der Waals surface area contributed by atoms with Gasteiger partial charge in [0.25, 0.3) is 0 Å². The van der Waals surface area contributed by atoms with Crippen LogP contribution in [-0.2, 0) is 11.3 Å². The summed E-state index contributed by atoms with van der Waals surface area (Å²) in [5.41, 5.74) is 1.18. The van der Waals surface area contributed by atoms with Gasteiger partial charge >= 0.3 is 0 Å². The van der Waals surface area contributed by atoms with Gasteiger partial charge < -0.3 is 20.1 Å². The van der Waals surface area contributed by atoms with Gasteiger partial charge in [-0.3, -0.25) is 0 Å². The highest BCUT2D eigenvalue weighted by Gasteiger charge is 2.00. The maximum absolute atomic E-state index is 5.34. The molecule has 2 aromatic carbocycles. The molecule has 5 nitrogen and oxygen atoms in total. The van der Waals surface area contributed by atoms with Crippen LogP contribution in [-0.4, -0.2) is 39.4 Å². The van der Waals surface area contributed by atoms with E-state index >= 15 is 0 Å². The minimum Gasteiger partial charge on any atom is -0.497 e. The van der Waals surface area contributed by atoms with E-state index in [2.05, 4.69) is 46.8 Å². The summed E-state index contributed by atoms with van der Waals surface area (Å²) < 4.78 is 10.6. The highest BCUT2D eigenvalue weighted by molar-refractivity contribution is 5.84. The monoisotopic (exact) mass is 329 g/mol. The molecule has 0 aliphatic carbocycles. The van der Waals surface area contributed by atoms with Crippen LogP contribution in [0.15, 0.2) is 41.4 Å². The fourth-order valence-corrected chi connectivity index (χ4v) is 2.40. The van der Waals surface area contributed by atoms with Crippen LogP contribution >= 0.6 is 0 Å². The Balaban J connectivity index is 2.02. The van der Waals surface area contributed by atoms with Gasteiger partial charge in [-0.1, -0.05) is 18.2 Å². The van der Waals surface area contributed by atoms with Crippen molar-refractivity contribution in [3.63, 3.8) is 0 Å². The largest absolute Gasteiger partial charge is 0.497 e. The summed E-state index contributed by atoms with van der Waals surface area (Å²) in [6, 6.07) is 12.5. The van der Waals surface area contributed by atoms with E-state index < -0.39 is 0 Å². The van der Waals surface area contributed by atoms with Crippen molar-refractivity contribution in [2.24, 2.45) is 4.99 Å². The first kappa shape index (κ1) is 18.1. The van der Waals surface area contributed by atoms with Gasteiger partial charge in [-0.05, 0) is 48.4 Å². The first-order valence-electron chi connectivity index (χ1n) is 8.43. The molecule has 0 aliphatic rings. The number of ether oxygens (including phenoxy) is 2. The molecule has 0 aromatic heterocycles. The van der Waals surface area contributed by atoms with Crippen LogP contribution in [0.2, 0.25) is 0 Å². The maximum Gasteiger partial charge on any atom is 0.191 e. The van der Waals surface area contributed by atoms with Crippen LogP contribution in [0.4, 0.5) is 0 Å². The van der Waals surface area contributed by atoms with Gasteiger partial charge in [0, 0.05) is 19.7 Å². The predicted octanol–water partition coefficient (Wildman–Crippen LogP) is 2.94. The Hall–Kier alpha value is -2.27. The van der Waals surface area contributed by atoms with Crippen molar-refractivity contribution in [2.75, 3.05) is 33.4 Å². The van der Waals surface area contributed by atoms with Crippen LogP contribution in [0, 0.1) is 0 Å². The van der Waals surface area contributed by atoms with Gasteiger partial charge in [0.15, 0.2) is 5.96 Å². The van der Waals surface area contributed by atoms with Crippen molar-refractivity contribution in [2.45, 2.75) is 20.4 Å². The molecule has 0 saturated carbocycles. The van der Waals surface area contributed by atoms with Gasteiger partial charge in [0.1, 0.15) is 5.75 Å². The summed E-state index contributed by atoms with van der Waals surface area (Å²) in [6.07, 6.45) is 0. The molecule has 0 fully saturated rings. The molecule has 0 unspecified atom stereocenters. The number of fused-ring (bicyclic) bond motifs is 1. The van der Waals surface area contributed by atoms with Crippen LogP contribution in [0.5, 0.6) is 5.75 Å². The molecule has 0 radical (unpaired) electrons. The van der Waals surface area contributed by atoms with E-state index in [9.17, 15) is 0 Å². The lowest BCUT2D eigenvalue weighted by molar-refractivity contribution is 0.152. The number of guanidine groups is 1. The topological polar surface area (TPSA) is 54.9 Å². The molecule has 0 heterocycles. The van der Waals surface area contributed by atoms with E-state index in [0.29, 0.717) is 13.2 Å². The summed E-state index contributed by atoms with van der Waals surface area (Å²) in [6.45, 7) is 7.68. The van der Waals surface area contributed by atoms with Crippen molar-refractivity contribution < 1.29 is 9.47 Å². The third kappa shape index (κ3) is 5.42. The molecular weight excluding hydrogens is 302 g/mol. The van der Waals surface area contributed by atoms with Crippen LogP contribution in [0.3, 0.4) is 0 Å². The number of benzene rings is 2. The highest BCUT2D eigenvalue weighted by atomic mass is 16.5. The molecule has 2 aromatic rings. The fraction of sp³-hybridized carbons (Fsp3) is 0.421. The third-order valence-electron chi connectivity index (χ3n) is 3.62. The number of hydrogen-bond acceptors (Lipinski definition) is 3. The van der Waals surface area contributed by atoms with E-state index in [0.717, 1.165) is 31.4 Å². The van der Waals surface area contributed by atoms with Crippen molar-refractivity contribution in [1.82, 2.24) is 10.6 Å². The second-order valence-electron chi connectivity index (χ2n) is 5.37. The molecule has 24 heavy (non-hydrogen) atoms. The summed E-state index contributed by atoms with van der Waals surface area (Å²) in [5.74, 6) is 1.69. The van der Waals surface area contributed by atoms with E-state index in [-0.39, 0.29) is 0 Å². The first-order valence-corrected chi connectivity index (χ1v) is 8.43. The number of aliphatic imine (C=N–C) groups is 1. The number of nitrogens with one attached hydrogen (secondary N) is 2. The zero-order chi connectivity index (χ0) is 17.2. The quantitative estimate of drug-likeness (QED) is 0.444. The average molecular weight is 329 g/mol. The Labute approximate surface area is 144 Å². The van der Waals surface area contributed by atoms with Crippen LogP contribution in [0.1, 0.15) is 19.4 Å². The fourth-order valence-electron chi connectivity index (χ4n) is 2.40. The van der Waals surface area contributed by atoms with E-state index in [1.165, 1.54) is 16.3 Å². The zero-order valence-corrected chi connectivity index (χ0v) is 14.8. The van der Waals surface area contributed by atoms with Gasteiger partial charge in [0.05, 0.1) is 20.3 Å². The van der Waals surface area contributed by atoms with E-state index in [4.69, 9.17) is 9.47 Å². The standard InChI is InChI=1S/C19H27N3O2/c1-4-20-19(21-10-11-24-5-2)22-14-15-6-7-17-13-18(23-3)9-8-16(17)12-15/h6-9,12-13H,4-5,10-11,14H2,1-3H3,(H2,20,21,22). The van der Waals surface area contributed by atoms with E-state index in [1.807, 2.05) is 19.1 Å². The molecule has 130 valence electrons. The average Bonchev–Trinajstić information content (AvgIpc) is 2.62. The predicted molar refractivity (Wildman–Crippen MR) is 99.8 cm³/mol. The minimum absolute atomic E-state index is 0.631. The number of hydrogen-bond donors (Lipinski definition) is 2. The van der Waals surface area contributed by atoms with Crippen molar-refractivity contribution in [3.8, 4) is 5.75 Å². The molecule has 0 spiro atoms. The minimum atomic E-state index is 0.631. The SMILES string of the molecule is CCNC(=NCc1ccc2cc(OC)ccc2c1)NCCOCC. The summed E-state index contributed by atoms with van der Waals surface area (Å²) in [5, 5.41) is 8.89. The number of rotatable bonds is 8. The summed E-state index contributed by atoms with van der Waals surface area (Å²) in [7, 11) is 1.69. The molecule has 0 bridgehead atoms. The van der Waals surface area contributed by atoms with Gasteiger partial charge in [-0.15, -0.1) is 0 Å². The molecule has 0 saturated heterocycles. The lowest BCUT2D eigenvalue weighted by Gasteiger charge is -2.11. The zero-order valence-electron chi connectivity index (χ0n) is 14.8. The molecule has 0 aliphatic heterocycles. The summed E-state index contributed by atoms with van der Waals surface area (Å²) in [4.78, 5) is 4.64. The Morgan fingerprint density at radius 2 is 1.83 bits per heavy atom. The summed E-state index contributed by atoms with van der Waals surface area (Å²) >= 11 is 0.